The first-order valence-electron chi connectivity index (χ1n) is 10.1. The van der Waals surface area contributed by atoms with Gasteiger partial charge in [-0.25, -0.2) is 4.98 Å². The maximum atomic E-state index is 12.5. The van der Waals surface area contributed by atoms with Crippen LogP contribution in [0.4, 0.5) is 5.95 Å². The lowest BCUT2D eigenvalue weighted by molar-refractivity contribution is 0.839. The average Bonchev–Trinajstić information content (AvgIpc) is 3.51. The van der Waals surface area contributed by atoms with E-state index in [0.717, 1.165) is 54.2 Å². The van der Waals surface area contributed by atoms with Crippen LogP contribution in [0.25, 0.3) is 10.6 Å². The molecule has 160 valence electrons. The van der Waals surface area contributed by atoms with E-state index < -0.39 is 0 Å². The first-order chi connectivity index (χ1) is 15.1. The first-order valence-corrected chi connectivity index (χ1v) is 12.3. The molecule has 8 nitrogen and oxygen atoms in total. The van der Waals surface area contributed by atoms with E-state index in [1.54, 1.807) is 0 Å². The van der Waals surface area contributed by atoms with Gasteiger partial charge in [-0.2, -0.15) is 9.61 Å². The highest BCUT2D eigenvalue weighted by molar-refractivity contribution is 7.98. The van der Waals surface area contributed by atoms with E-state index in [-0.39, 0.29) is 5.56 Å². The minimum absolute atomic E-state index is 0.165. The summed E-state index contributed by atoms with van der Waals surface area (Å²) in [6.45, 7) is 3.92. The number of aryl methyl sites for hydroxylation is 1. The Bertz CT molecular complexity index is 1290. The number of hydrogen-bond donors (Lipinski definition) is 0. The number of anilines is 1. The molecule has 0 unspecified atom stereocenters. The molecule has 1 aliphatic heterocycles. The summed E-state index contributed by atoms with van der Waals surface area (Å²) >= 11 is 9.45. The van der Waals surface area contributed by atoms with E-state index in [1.807, 2.05) is 35.8 Å². The van der Waals surface area contributed by atoms with Gasteiger partial charge in [-0.05, 0) is 31.4 Å². The molecule has 4 aromatic rings. The van der Waals surface area contributed by atoms with E-state index >= 15 is 0 Å². The minimum Gasteiger partial charge on any atom is -0.341 e. The van der Waals surface area contributed by atoms with Crippen LogP contribution in [-0.4, -0.2) is 42.5 Å². The van der Waals surface area contributed by atoms with Gasteiger partial charge in [0, 0.05) is 24.9 Å². The third kappa shape index (κ3) is 3.95. The number of thioether (sulfide) groups is 1. The molecule has 11 heteroatoms. The predicted molar refractivity (Wildman–Crippen MR) is 124 cm³/mol. The van der Waals surface area contributed by atoms with Crippen LogP contribution in [0.1, 0.15) is 30.5 Å². The van der Waals surface area contributed by atoms with E-state index in [0.29, 0.717) is 21.4 Å². The fourth-order valence-electron chi connectivity index (χ4n) is 3.57. The summed E-state index contributed by atoms with van der Waals surface area (Å²) in [6, 6.07) is 9.23. The van der Waals surface area contributed by atoms with Gasteiger partial charge in [0.1, 0.15) is 5.01 Å². The van der Waals surface area contributed by atoms with Crippen molar-refractivity contribution in [2.45, 2.75) is 37.1 Å². The summed E-state index contributed by atoms with van der Waals surface area (Å²) in [5.74, 6) is 1.29. The Balaban J connectivity index is 1.49. The number of fused-ring (bicyclic) bond motifs is 1. The van der Waals surface area contributed by atoms with Crippen molar-refractivity contribution in [1.82, 2.24) is 29.4 Å². The van der Waals surface area contributed by atoms with Crippen molar-refractivity contribution in [3.63, 3.8) is 0 Å². The number of hydrogen-bond acceptors (Lipinski definition) is 8. The minimum atomic E-state index is -0.165. The summed E-state index contributed by atoms with van der Waals surface area (Å²) in [6.07, 6.45) is 3.05. The molecular formula is C20H20ClN7OS2. The number of benzene rings is 1. The molecule has 3 aromatic heterocycles. The molecule has 0 N–H and O–H groups in total. The number of aromatic nitrogens is 6. The van der Waals surface area contributed by atoms with Gasteiger partial charge in [0.15, 0.2) is 5.16 Å². The number of halogens is 1. The SMILES string of the molecule is CCc1nn2c(=O)cc(CSc3nnc(N4CCCC4)n3-c3ccccc3Cl)nc2s1. The van der Waals surface area contributed by atoms with Gasteiger partial charge in [0.05, 0.1) is 16.4 Å². The quantitative estimate of drug-likeness (QED) is 0.393. The third-order valence-electron chi connectivity index (χ3n) is 5.09. The van der Waals surface area contributed by atoms with Gasteiger partial charge >= 0.3 is 0 Å². The molecule has 0 aliphatic carbocycles. The molecule has 1 aromatic carbocycles. The fraction of sp³-hybridized carbons (Fsp3) is 0.350. The van der Waals surface area contributed by atoms with Gasteiger partial charge < -0.3 is 4.90 Å². The van der Waals surface area contributed by atoms with Crippen LogP contribution in [0.15, 0.2) is 40.3 Å². The fourth-order valence-corrected chi connectivity index (χ4v) is 5.48. The van der Waals surface area contributed by atoms with Crippen LogP contribution in [0.2, 0.25) is 5.02 Å². The van der Waals surface area contributed by atoms with Crippen LogP contribution in [0.3, 0.4) is 0 Å². The first kappa shape index (κ1) is 20.5. The number of rotatable bonds is 6. The van der Waals surface area contributed by atoms with Crippen LogP contribution in [0, 0.1) is 0 Å². The molecule has 5 rings (SSSR count). The molecule has 0 saturated carbocycles. The molecule has 0 atom stereocenters. The highest BCUT2D eigenvalue weighted by atomic mass is 35.5. The van der Waals surface area contributed by atoms with Gasteiger partial charge in [-0.1, -0.05) is 53.8 Å². The molecule has 1 fully saturated rings. The topological polar surface area (TPSA) is 81.2 Å². The van der Waals surface area contributed by atoms with Gasteiger partial charge in [0.25, 0.3) is 5.56 Å². The lowest BCUT2D eigenvalue weighted by Gasteiger charge is -2.19. The second-order valence-corrected chi connectivity index (χ2v) is 9.57. The van der Waals surface area contributed by atoms with Crippen molar-refractivity contribution < 1.29 is 0 Å². The largest absolute Gasteiger partial charge is 0.341 e. The zero-order valence-corrected chi connectivity index (χ0v) is 19.3. The van der Waals surface area contributed by atoms with Crippen LogP contribution < -0.4 is 10.5 Å². The van der Waals surface area contributed by atoms with E-state index in [9.17, 15) is 4.79 Å². The second-order valence-electron chi connectivity index (χ2n) is 7.18. The summed E-state index contributed by atoms with van der Waals surface area (Å²) in [7, 11) is 0. The Hall–Kier alpha value is -2.43. The third-order valence-corrected chi connectivity index (χ3v) is 7.42. The Morgan fingerprint density at radius 1 is 1.19 bits per heavy atom. The molecule has 0 bridgehead atoms. The van der Waals surface area contributed by atoms with Crippen molar-refractivity contribution in [2.75, 3.05) is 18.0 Å². The van der Waals surface area contributed by atoms with Crippen LogP contribution >= 0.6 is 34.7 Å². The highest BCUT2D eigenvalue weighted by Gasteiger charge is 2.23. The molecule has 0 spiro atoms. The molecule has 1 aliphatic rings. The van der Waals surface area contributed by atoms with E-state index in [4.69, 9.17) is 11.6 Å². The average molecular weight is 474 g/mol. The number of nitrogens with zero attached hydrogens (tertiary/aromatic N) is 7. The molecule has 31 heavy (non-hydrogen) atoms. The monoisotopic (exact) mass is 473 g/mol. The Morgan fingerprint density at radius 3 is 2.77 bits per heavy atom. The zero-order chi connectivity index (χ0) is 21.4. The Labute approximate surface area is 191 Å². The predicted octanol–water partition coefficient (Wildman–Crippen LogP) is 3.84. The molecule has 4 heterocycles. The van der Waals surface area contributed by atoms with Crippen molar-refractivity contribution in [3.05, 3.63) is 56.4 Å². The maximum absolute atomic E-state index is 12.5. The maximum Gasteiger partial charge on any atom is 0.275 e. The van der Waals surface area contributed by atoms with E-state index in [1.165, 1.54) is 33.7 Å². The lowest BCUT2D eigenvalue weighted by atomic mass is 10.3. The Kier molecular flexibility index (Phi) is 5.68. The molecular weight excluding hydrogens is 454 g/mol. The van der Waals surface area contributed by atoms with E-state index in [2.05, 4.69) is 25.2 Å². The number of para-hydroxylation sites is 1. The zero-order valence-electron chi connectivity index (χ0n) is 16.9. The van der Waals surface area contributed by atoms with Gasteiger partial charge in [0.2, 0.25) is 10.9 Å². The van der Waals surface area contributed by atoms with Crippen LogP contribution in [-0.2, 0) is 12.2 Å². The van der Waals surface area contributed by atoms with Crippen LogP contribution in [0.5, 0.6) is 0 Å². The second kappa shape index (κ2) is 8.60. The summed E-state index contributed by atoms with van der Waals surface area (Å²) in [4.78, 5) is 19.9. The Morgan fingerprint density at radius 2 is 2.00 bits per heavy atom. The standard InChI is InChI=1S/C20H20ClN7OS2/c1-2-16-25-28-17(29)11-13(22-19(28)31-16)12-30-20-24-23-18(26-9-5-6-10-26)27(20)15-8-4-3-7-14(15)21/h3-4,7-8,11H,2,5-6,9-10,12H2,1H3. The van der Waals surface area contributed by atoms with Crippen molar-refractivity contribution in [2.24, 2.45) is 0 Å². The smallest absolute Gasteiger partial charge is 0.275 e. The van der Waals surface area contributed by atoms with Crippen molar-refractivity contribution >= 4 is 45.6 Å². The summed E-state index contributed by atoms with van der Waals surface area (Å²) in [5.41, 5.74) is 1.37. The van der Waals surface area contributed by atoms with Crippen molar-refractivity contribution in [1.29, 1.82) is 0 Å². The summed E-state index contributed by atoms with van der Waals surface area (Å²) in [5, 5.41) is 15.5. The van der Waals surface area contributed by atoms with Gasteiger partial charge in [-0.3, -0.25) is 9.36 Å². The molecule has 0 amide bonds. The lowest BCUT2D eigenvalue weighted by Crippen LogP contribution is -2.22. The normalized spacial score (nSPS) is 14.1. The highest BCUT2D eigenvalue weighted by Crippen LogP contribution is 2.32. The molecule has 1 saturated heterocycles. The molecule has 0 radical (unpaired) electrons. The summed E-state index contributed by atoms with van der Waals surface area (Å²) < 4.78 is 3.38. The van der Waals surface area contributed by atoms with Gasteiger partial charge in [-0.15, -0.1) is 10.2 Å². The van der Waals surface area contributed by atoms with Crippen molar-refractivity contribution in [3.8, 4) is 5.69 Å².